The number of hydrogen-bond donors (Lipinski definition) is 1. The number of imide groups is 1. The summed E-state index contributed by atoms with van der Waals surface area (Å²) in [6, 6.07) is 11.7. The molecule has 6 nitrogen and oxygen atoms in total. The molecule has 3 amide bonds. The Hall–Kier alpha value is -2.38. The Morgan fingerprint density at radius 3 is 2.48 bits per heavy atom. The molecule has 7 heteroatoms. The van der Waals surface area contributed by atoms with Crippen LogP contribution < -0.4 is 10.1 Å². The van der Waals surface area contributed by atoms with Crippen LogP contribution >= 0.6 is 11.3 Å². The van der Waals surface area contributed by atoms with Crippen LogP contribution in [0.2, 0.25) is 0 Å². The second-order valence-corrected chi connectivity index (χ2v) is 11.4. The number of nitrogens with one attached hydrogen (secondary N) is 1. The summed E-state index contributed by atoms with van der Waals surface area (Å²) in [7, 11) is 1.66. The Kier molecular flexibility index (Phi) is 6.82. The minimum Gasteiger partial charge on any atom is -0.496 e. The monoisotopic (exact) mass is 469 g/mol. The number of rotatable bonds is 7. The van der Waals surface area contributed by atoms with E-state index in [1.165, 1.54) is 9.78 Å². The van der Waals surface area contributed by atoms with Gasteiger partial charge in [-0.1, -0.05) is 45.0 Å². The van der Waals surface area contributed by atoms with Crippen LogP contribution in [0.5, 0.6) is 5.75 Å². The number of urea groups is 1. The third-order valence-electron chi connectivity index (χ3n) is 7.20. The smallest absolute Gasteiger partial charge is 0.326 e. The number of carbonyl (C=O) groups excluding carboxylic acids is 2. The number of ether oxygens (including phenoxy) is 1. The number of amides is 3. The van der Waals surface area contributed by atoms with Crippen LogP contribution in [0.15, 0.2) is 41.8 Å². The van der Waals surface area contributed by atoms with Crippen LogP contribution in [-0.4, -0.2) is 41.1 Å². The molecule has 1 spiro atoms. The van der Waals surface area contributed by atoms with E-state index in [-0.39, 0.29) is 24.0 Å². The molecule has 1 aliphatic carbocycles. The predicted molar refractivity (Wildman–Crippen MR) is 131 cm³/mol. The van der Waals surface area contributed by atoms with Crippen molar-refractivity contribution in [3.05, 3.63) is 52.2 Å². The van der Waals surface area contributed by atoms with Crippen molar-refractivity contribution in [2.75, 3.05) is 13.8 Å². The zero-order chi connectivity index (χ0) is 23.6. The molecule has 1 saturated carbocycles. The van der Waals surface area contributed by atoms with Crippen LogP contribution in [0.1, 0.15) is 56.9 Å². The van der Waals surface area contributed by atoms with Gasteiger partial charge < -0.3 is 10.1 Å². The first-order chi connectivity index (χ1) is 15.7. The quantitative estimate of drug-likeness (QED) is 0.563. The van der Waals surface area contributed by atoms with Crippen molar-refractivity contribution in [3.63, 3.8) is 0 Å². The number of carbonyl (C=O) groups is 2. The molecule has 1 aromatic carbocycles. The van der Waals surface area contributed by atoms with E-state index < -0.39 is 5.54 Å². The summed E-state index contributed by atoms with van der Waals surface area (Å²) in [5.74, 6) is 1.31. The van der Waals surface area contributed by atoms with Crippen LogP contribution in [-0.2, 0) is 17.9 Å². The van der Waals surface area contributed by atoms with Gasteiger partial charge in [-0.3, -0.25) is 9.69 Å². The van der Waals surface area contributed by atoms with E-state index in [0.717, 1.165) is 24.2 Å². The maximum atomic E-state index is 13.6. The third-order valence-corrected chi connectivity index (χ3v) is 8.06. The van der Waals surface area contributed by atoms with Gasteiger partial charge in [0.05, 0.1) is 13.8 Å². The summed E-state index contributed by atoms with van der Waals surface area (Å²) in [6.07, 6.45) is 3.36. The van der Waals surface area contributed by atoms with E-state index in [0.29, 0.717) is 31.8 Å². The van der Waals surface area contributed by atoms with Crippen molar-refractivity contribution >= 4 is 23.3 Å². The number of thiophene rings is 1. The lowest BCUT2D eigenvalue weighted by Crippen LogP contribution is -2.51. The number of hydrogen-bond acceptors (Lipinski definition) is 5. The summed E-state index contributed by atoms with van der Waals surface area (Å²) in [4.78, 5) is 31.3. The van der Waals surface area contributed by atoms with E-state index in [1.807, 2.05) is 35.7 Å². The lowest BCUT2D eigenvalue weighted by atomic mass is 9.67. The number of methoxy groups -OCH3 is 1. The summed E-state index contributed by atoms with van der Waals surface area (Å²) in [6.45, 7) is 8.28. The average Bonchev–Trinajstić information content (AvgIpc) is 3.36. The number of para-hydroxylation sites is 1. The number of nitrogens with zero attached hydrogens (tertiary/aromatic N) is 2. The Morgan fingerprint density at radius 1 is 1.12 bits per heavy atom. The fraction of sp³-hybridized carbons (Fsp3) is 0.538. The van der Waals surface area contributed by atoms with E-state index in [2.05, 4.69) is 37.1 Å². The van der Waals surface area contributed by atoms with Gasteiger partial charge in [0.25, 0.3) is 5.91 Å². The third kappa shape index (κ3) is 5.09. The van der Waals surface area contributed by atoms with Crippen molar-refractivity contribution in [1.82, 2.24) is 15.1 Å². The molecule has 2 heterocycles. The molecule has 0 unspecified atom stereocenters. The van der Waals surface area contributed by atoms with Crippen LogP contribution in [0.3, 0.4) is 0 Å². The van der Waals surface area contributed by atoms with Gasteiger partial charge in [-0.15, -0.1) is 11.3 Å². The highest BCUT2D eigenvalue weighted by Gasteiger charge is 2.53. The molecule has 1 aromatic heterocycles. The van der Waals surface area contributed by atoms with Gasteiger partial charge in [-0.25, -0.2) is 9.69 Å². The normalized spacial score (nSPS) is 23.4. The van der Waals surface area contributed by atoms with E-state index in [1.54, 1.807) is 18.4 Å². The Balaban J connectivity index is 1.51. The van der Waals surface area contributed by atoms with Gasteiger partial charge in [0.2, 0.25) is 0 Å². The van der Waals surface area contributed by atoms with E-state index >= 15 is 0 Å². The molecule has 1 saturated heterocycles. The number of benzene rings is 1. The van der Waals surface area contributed by atoms with Gasteiger partial charge in [0.1, 0.15) is 11.3 Å². The first-order valence-electron chi connectivity index (χ1n) is 11.7. The molecule has 2 aromatic rings. The highest BCUT2D eigenvalue weighted by molar-refractivity contribution is 7.09. The van der Waals surface area contributed by atoms with E-state index in [4.69, 9.17) is 4.74 Å². The molecule has 2 aliphatic rings. The van der Waals surface area contributed by atoms with Crippen molar-refractivity contribution < 1.29 is 14.3 Å². The summed E-state index contributed by atoms with van der Waals surface area (Å²) in [5.41, 5.74) is 0.515. The van der Waals surface area contributed by atoms with Gasteiger partial charge in [0.15, 0.2) is 0 Å². The molecular weight excluding hydrogens is 434 g/mol. The molecule has 1 aliphatic heterocycles. The van der Waals surface area contributed by atoms with Gasteiger partial charge in [-0.05, 0) is 54.5 Å². The Morgan fingerprint density at radius 2 is 1.85 bits per heavy atom. The predicted octanol–water partition coefficient (Wildman–Crippen LogP) is 5.24. The summed E-state index contributed by atoms with van der Waals surface area (Å²) in [5, 5.41) is 5.13. The highest BCUT2D eigenvalue weighted by Crippen LogP contribution is 2.43. The second-order valence-electron chi connectivity index (χ2n) is 10.4. The lowest BCUT2D eigenvalue weighted by molar-refractivity contribution is -0.134. The highest BCUT2D eigenvalue weighted by atomic mass is 32.1. The first kappa shape index (κ1) is 23.8. The summed E-state index contributed by atoms with van der Waals surface area (Å²) < 4.78 is 5.54. The van der Waals surface area contributed by atoms with Gasteiger partial charge in [0, 0.05) is 23.5 Å². The van der Waals surface area contributed by atoms with Crippen LogP contribution in [0.4, 0.5) is 4.79 Å². The minimum atomic E-state index is -0.738. The van der Waals surface area contributed by atoms with Crippen LogP contribution in [0, 0.1) is 11.3 Å². The van der Waals surface area contributed by atoms with Crippen LogP contribution in [0.25, 0.3) is 0 Å². The molecule has 4 rings (SSSR count). The van der Waals surface area contributed by atoms with Crippen molar-refractivity contribution in [1.29, 1.82) is 0 Å². The fourth-order valence-corrected chi connectivity index (χ4v) is 5.92. The Labute approximate surface area is 200 Å². The van der Waals surface area contributed by atoms with Gasteiger partial charge >= 0.3 is 6.03 Å². The van der Waals surface area contributed by atoms with Crippen molar-refractivity contribution in [2.45, 2.75) is 65.1 Å². The molecular formula is C26H35N3O3S. The topological polar surface area (TPSA) is 61.9 Å². The molecule has 1 N–H and O–H groups in total. The maximum absolute atomic E-state index is 13.6. The van der Waals surface area contributed by atoms with Gasteiger partial charge in [-0.2, -0.15) is 0 Å². The maximum Gasteiger partial charge on any atom is 0.326 e. The average molecular weight is 470 g/mol. The molecule has 33 heavy (non-hydrogen) atoms. The van der Waals surface area contributed by atoms with Crippen molar-refractivity contribution in [2.24, 2.45) is 11.3 Å². The zero-order valence-electron chi connectivity index (χ0n) is 20.1. The molecule has 0 radical (unpaired) electrons. The standard InChI is InChI=1S/C26H35N3O3S/c1-25(2,3)20-11-13-26(14-12-20)23(30)29(24(31)27-26)18-28(17-21-9-7-15-33-21)16-19-8-5-6-10-22(19)32-4/h5-10,15,20H,11-14,16-18H2,1-4H3,(H,27,31). The molecule has 178 valence electrons. The minimum absolute atomic E-state index is 0.0731. The first-order valence-corrected chi connectivity index (χ1v) is 12.6. The lowest BCUT2D eigenvalue weighted by Gasteiger charge is -2.40. The van der Waals surface area contributed by atoms with Crippen molar-refractivity contribution in [3.8, 4) is 5.75 Å². The van der Waals surface area contributed by atoms with E-state index in [9.17, 15) is 9.59 Å². The zero-order valence-corrected chi connectivity index (χ0v) is 20.9. The molecule has 2 fully saturated rings. The largest absolute Gasteiger partial charge is 0.496 e. The molecule has 0 atom stereocenters. The second kappa shape index (κ2) is 9.47. The Bertz CT molecular complexity index is 975. The summed E-state index contributed by atoms with van der Waals surface area (Å²) >= 11 is 1.68. The fourth-order valence-electron chi connectivity index (χ4n) is 5.17. The SMILES string of the molecule is COc1ccccc1CN(Cc1cccs1)CN1C(=O)NC2(CCC(C(C)(C)C)CC2)C1=O. The molecule has 0 bridgehead atoms.